The van der Waals surface area contributed by atoms with Gasteiger partial charge in [-0.15, -0.1) is 0 Å². The Hall–Kier alpha value is -1.21. The number of nitrogens with zero attached hydrogens (tertiary/aromatic N) is 1. The molecule has 8 heteroatoms. The number of hydrogen-bond acceptors (Lipinski definition) is 1. The van der Waals surface area contributed by atoms with Crippen LogP contribution in [0.3, 0.4) is 0 Å². The highest BCUT2D eigenvalue weighted by Gasteiger charge is 2.72. The van der Waals surface area contributed by atoms with Gasteiger partial charge in [0.2, 0.25) is 0 Å². The van der Waals surface area contributed by atoms with Crippen molar-refractivity contribution < 1.29 is 30.7 Å². The Morgan fingerprint density at radius 3 is 2.00 bits per heavy atom. The summed E-state index contributed by atoms with van der Waals surface area (Å²) >= 11 is 0. The lowest BCUT2D eigenvalue weighted by molar-refractivity contribution is -0.355. The molecule has 0 saturated heterocycles. The van der Waals surface area contributed by atoms with Crippen LogP contribution < -0.4 is 0 Å². The predicted molar refractivity (Wildman–Crippen MR) is 50.4 cm³/mol. The summed E-state index contributed by atoms with van der Waals surface area (Å²) in [5, 5.41) is 0. The standard InChI is InChI=1S/C10H10F7N/c11-8(12,9(13,14)10(15,16)17)4-7-18-5-2-1-3-6-18/h1-3,5H,4,6-7H2. The summed E-state index contributed by atoms with van der Waals surface area (Å²) in [6.07, 6.45) is -1.82. The molecule has 0 amide bonds. The number of hydrogen-bond donors (Lipinski definition) is 0. The van der Waals surface area contributed by atoms with Gasteiger partial charge in [0.25, 0.3) is 0 Å². The molecule has 0 aromatic rings. The van der Waals surface area contributed by atoms with E-state index in [1.165, 1.54) is 17.2 Å². The smallest absolute Gasteiger partial charge is 0.373 e. The van der Waals surface area contributed by atoms with Gasteiger partial charge < -0.3 is 4.90 Å². The van der Waals surface area contributed by atoms with Gasteiger partial charge in [0.05, 0.1) is 0 Å². The van der Waals surface area contributed by atoms with E-state index in [0.29, 0.717) is 0 Å². The third-order valence-electron chi connectivity index (χ3n) is 2.41. The van der Waals surface area contributed by atoms with E-state index in [9.17, 15) is 30.7 Å². The van der Waals surface area contributed by atoms with Gasteiger partial charge in [0.1, 0.15) is 0 Å². The highest BCUT2D eigenvalue weighted by Crippen LogP contribution is 2.47. The third kappa shape index (κ3) is 2.97. The molecule has 0 spiro atoms. The van der Waals surface area contributed by atoms with Crippen LogP contribution >= 0.6 is 0 Å². The van der Waals surface area contributed by atoms with E-state index >= 15 is 0 Å². The summed E-state index contributed by atoms with van der Waals surface area (Å²) in [6, 6.07) is 0. The van der Waals surface area contributed by atoms with Gasteiger partial charge in [-0.25, -0.2) is 0 Å². The van der Waals surface area contributed by atoms with E-state index in [-0.39, 0.29) is 6.54 Å². The molecule has 0 radical (unpaired) electrons. The van der Waals surface area contributed by atoms with Crippen LogP contribution in [0.1, 0.15) is 6.42 Å². The Kier molecular flexibility index (Phi) is 3.97. The molecule has 1 aliphatic rings. The zero-order valence-corrected chi connectivity index (χ0v) is 9.02. The maximum atomic E-state index is 12.9. The molecule has 1 aliphatic heterocycles. The van der Waals surface area contributed by atoms with Gasteiger partial charge in [-0.3, -0.25) is 0 Å². The first kappa shape index (κ1) is 14.8. The fraction of sp³-hybridized carbons (Fsp3) is 0.600. The van der Waals surface area contributed by atoms with Crippen molar-refractivity contribution >= 4 is 0 Å². The number of allylic oxidation sites excluding steroid dienone is 2. The van der Waals surface area contributed by atoms with Gasteiger partial charge in [-0.1, -0.05) is 12.2 Å². The molecule has 0 fully saturated rings. The molecule has 0 unspecified atom stereocenters. The lowest BCUT2D eigenvalue weighted by atomic mass is 10.1. The normalized spacial score (nSPS) is 17.4. The summed E-state index contributed by atoms with van der Waals surface area (Å²) in [7, 11) is 0. The van der Waals surface area contributed by atoms with Crippen LogP contribution in [0.2, 0.25) is 0 Å². The summed E-state index contributed by atoms with van der Waals surface area (Å²) in [6.45, 7) is -0.385. The third-order valence-corrected chi connectivity index (χ3v) is 2.41. The number of halogens is 7. The van der Waals surface area contributed by atoms with Gasteiger partial charge in [0.15, 0.2) is 0 Å². The van der Waals surface area contributed by atoms with Crippen molar-refractivity contribution in [3.05, 3.63) is 24.4 Å². The Morgan fingerprint density at radius 1 is 0.944 bits per heavy atom. The molecule has 1 heterocycles. The van der Waals surface area contributed by atoms with Crippen LogP contribution in [0.25, 0.3) is 0 Å². The van der Waals surface area contributed by atoms with Gasteiger partial charge >= 0.3 is 18.0 Å². The van der Waals surface area contributed by atoms with Gasteiger partial charge in [-0.2, -0.15) is 30.7 Å². The van der Waals surface area contributed by atoms with E-state index in [4.69, 9.17) is 0 Å². The molecule has 18 heavy (non-hydrogen) atoms. The molecule has 0 saturated carbocycles. The van der Waals surface area contributed by atoms with E-state index in [0.717, 1.165) is 0 Å². The molecule has 1 nitrogen and oxygen atoms in total. The first-order chi connectivity index (χ1) is 8.08. The van der Waals surface area contributed by atoms with Crippen LogP contribution in [0.5, 0.6) is 0 Å². The van der Waals surface area contributed by atoms with Crippen molar-refractivity contribution in [3.63, 3.8) is 0 Å². The van der Waals surface area contributed by atoms with Crippen molar-refractivity contribution in [1.82, 2.24) is 4.90 Å². The summed E-state index contributed by atoms with van der Waals surface area (Å²) in [4.78, 5) is 1.22. The minimum Gasteiger partial charge on any atom is -0.373 e. The van der Waals surface area contributed by atoms with E-state index in [1.54, 1.807) is 12.2 Å². The van der Waals surface area contributed by atoms with E-state index in [2.05, 4.69) is 0 Å². The van der Waals surface area contributed by atoms with E-state index < -0.39 is 31.0 Å². The van der Waals surface area contributed by atoms with Crippen LogP contribution in [0.15, 0.2) is 24.4 Å². The summed E-state index contributed by atoms with van der Waals surface area (Å²) < 4.78 is 86.4. The summed E-state index contributed by atoms with van der Waals surface area (Å²) in [5.41, 5.74) is 0. The quantitative estimate of drug-likeness (QED) is 0.710. The van der Waals surface area contributed by atoms with Crippen LogP contribution in [0, 0.1) is 0 Å². The highest BCUT2D eigenvalue weighted by atomic mass is 19.4. The number of alkyl halides is 7. The zero-order chi connectivity index (χ0) is 14.0. The zero-order valence-electron chi connectivity index (χ0n) is 9.02. The van der Waals surface area contributed by atoms with Crippen LogP contribution in [-0.4, -0.2) is 36.0 Å². The van der Waals surface area contributed by atoms with Crippen molar-refractivity contribution in [2.24, 2.45) is 0 Å². The molecule has 0 bridgehead atoms. The second-order valence-electron chi connectivity index (χ2n) is 3.79. The second kappa shape index (κ2) is 4.81. The van der Waals surface area contributed by atoms with E-state index in [1.807, 2.05) is 0 Å². The predicted octanol–water partition coefficient (Wildman–Crippen LogP) is 3.59. The lowest BCUT2D eigenvalue weighted by Gasteiger charge is -2.30. The maximum Gasteiger partial charge on any atom is 0.459 e. The largest absolute Gasteiger partial charge is 0.459 e. The first-order valence-corrected chi connectivity index (χ1v) is 4.98. The lowest BCUT2D eigenvalue weighted by Crippen LogP contribution is -2.52. The Bertz CT molecular complexity index is 343. The average molecular weight is 277 g/mol. The number of rotatable bonds is 4. The van der Waals surface area contributed by atoms with Crippen LogP contribution in [-0.2, 0) is 0 Å². The first-order valence-electron chi connectivity index (χ1n) is 4.98. The maximum absolute atomic E-state index is 12.9. The molecule has 104 valence electrons. The van der Waals surface area contributed by atoms with Crippen molar-refractivity contribution in [2.45, 2.75) is 24.4 Å². The molecule has 0 atom stereocenters. The average Bonchev–Trinajstić information content (AvgIpc) is 2.26. The minimum absolute atomic E-state index is 0.199. The minimum atomic E-state index is -6.26. The highest BCUT2D eigenvalue weighted by molar-refractivity contribution is 5.08. The summed E-state index contributed by atoms with van der Waals surface area (Å²) in [5.74, 6) is -11.1. The molecule has 1 rings (SSSR count). The van der Waals surface area contributed by atoms with Crippen molar-refractivity contribution in [1.29, 1.82) is 0 Å². The molecule has 0 aromatic heterocycles. The molecule has 0 aliphatic carbocycles. The SMILES string of the molecule is FC(F)(F)C(F)(F)C(F)(F)CCN1C=CC=CC1. The van der Waals surface area contributed by atoms with Crippen molar-refractivity contribution in [2.75, 3.05) is 13.1 Å². The molecule has 0 aromatic carbocycles. The van der Waals surface area contributed by atoms with Gasteiger partial charge in [0, 0.05) is 19.5 Å². The fourth-order valence-corrected chi connectivity index (χ4v) is 1.32. The monoisotopic (exact) mass is 277 g/mol. The molecular weight excluding hydrogens is 267 g/mol. The second-order valence-corrected chi connectivity index (χ2v) is 3.79. The topological polar surface area (TPSA) is 3.24 Å². The molecular formula is C10H10F7N. The van der Waals surface area contributed by atoms with Crippen molar-refractivity contribution in [3.8, 4) is 0 Å². The molecule has 0 N–H and O–H groups in total. The Labute approximate surface area is 98.6 Å². The van der Waals surface area contributed by atoms with Gasteiger partial charge in [-0.05, 0) is 12.3 Å². The Balaban J connectivity index is 2.64. The fourth-order valence-electron chi connectivity index (χ4n) is 1.32. The van der Waals surface area contributed by atoms with Crippen LogP contribution in [0.4, 0.5) is 30.7 Å². The Morgan fingerprint density at radius 2 is 1.56 bits per heavy atom.